The van der Waals surface area contributed by atoms with Gasteiger partial charge in [0.15, 0.2) is 5.01 Å². The van der Waals surface area contributed by atoms with Gasteiger partial charge in [0.2, 0.25) is 16.9 Å². The molecule has 2 aromatic heterocycles. The van der Waals surface area contributed by atoms with E-state index in [1.807, 2.05) is 18.2 Å². The molecule has 0 atom stereocenters. The van der Waals surface area contributed by atoms with E-state index in [1.165, 1.54) is 11.3 Å². The highest BCUT2D eigenvalue weighted by Gasteiger charge is 2.10. The molecule has 0 spiro atoms. The van der Waals surface area contributed by atoms with Crippen LogP contribution >= 0.6 is 11.3 Å². The maximum absolute atomic E-state index is 11.9. The van der Waals surface area contributed by atoms with Crippen molar-refractivity contribution < 1.29 is 14.8 Å². The molecule has 0 saturated carbocycles. The monoisotopic (exact) mass is 349 g/mol. The van der Waals surface area contributed by atoms with Crippen LogP contribution in [0.2, 0.25) is 0 Å². The molecular weight excluding hydrogens is 330 g/mol. The lowest BCUT2D eigenvalue weighted by molar-refractivity contribution is -0.129. The van der Waals surface area contributed by atoms with E-state index in [9.17, 15) is 9.59 Å². The third-order valence-electron chi connectivity index (χ3n) is 3.24. The van der Waals surface area contributed by atoms with E-state index in [0.29, 0.717) is 29.4 Å². The summed E-state index contributed by atoms with van der Waals surface area (Å²) in [6, 6.07) is 5.53. The second kappa shape index (κ2) is 9.68. The number of amides is 2. The number of nitrogens with one attached hydrogen (secondary N) is 2. The van der Waals surface area contributed by atoms with Gasteiger partial charge in [-0.25, -0.2) is 5.48 Å². The summed E-state index contributed by atoms with van der Waals surface area (Å²) in [5, 5.41) is 20.2. The van der Waals surface area contributed by atoms with Crippen molar-refractivity contribution >= 4 is 28.3 Å². The fraction of sp³-hybridized carbons (Fsp3) is 0.400. The fourth-order valence-electron chi connectivity index (χ4n) is 2.03. The lowest BCUT2D eigenvalue weighted by Crippen LogP contribution is -2.17. The molecule has 0 aliphatic rings. The molecule has 0 saturated heterocycles. The van der Waals surface area contributed by atoms with Gasteiger partial charge in [-0.05, 0) is 25.0 Å². The minimum Gasteiger partial charge on any atom is -0.301 e. The number of hydroxylamine groups is 1. The molecule has 128 valence electrons. The molecule has 0 aromatic carbocycles. The second-order valence-electron chi connectivity index (χ2n) is 5.12. The van der Waals surface area contributed by atoms with Gasteiger partial charge in [0.1, 0.15) is 5.69 Å². The molecule has 0 fully saturated rings. The third-order valence-corrected chi connectivity index (χ3v) is 4.10. The lowest BCUT2D eigenvalue weighted by Gasteiger charge is -2.02. The van der Waals surface area contributed by atoms with Gasteiger partial charge in [0.25, 0.3) is 0 Å². The minimum absolute atomic E-state index is 0.105. The standard InChI is InChI=1S/C15H19N5O3S/c21-12(8-3-1-2-4-9-13(22)20-23)17-15-19-18-14(24-15)11-7-5-6-10-16-11/h5-7,10,23H,1-4,8-9H2,(H,20,22)(H,17,19,21). The van der Waals surface area contributed by atoms with Crippen molar-refractivity contribution in [1.29, 1.82) is 0 Å². The van der Waals surface area contributed by atoms with Crippen LogP contribution in [0.5, 0.6) is 0 Å². The zero-order valence-electron chi connectivity index (χ0n) is 13.1. The number of nitrogens with zero attached hydrogens (tertiary/aromatic N) is 3. The number of aromatic nitrogens is 3. The van der Waals surface area contributed by atoms with E-state index in [0.717, 1.165) is 25.0 Å². The third kappa shape index (κ3) is 6.01. The molecule has 24 heavy (non-hydrogen) atoms. The van der Waals surface area contributed by atoms with Gasteiger partial charge < -0.3 is 5.32 Å². The summed E-state index contributed by atoms with van der Waals surface area (Å²) < 4.78 is 0. The highest BCUT2D eigenvalue weighted by molar-refractivity contribution is 7.18. The molecule has 2 aromatic rings. The van der Waals surface area contributed by atoms with Crippen molar-refractivity contribution in [1.82, 2.24) is 20.7 Å². The number of unbranched alkanes of at least 4 members (excludes halogenated alkanes) is 3. The molecule has 2 amide bonds. The first-order chi connectivity index (χ1) is 11.7. The molecule has 0 unspecified atom stereocenters. The van der Waals surface area contributed by atoms with Gasteiger partial charge in [0.05, 0.1) is 0 Å². The number of carbonyl (C=O) groups excluding carboxylic acids is 2. The molecule has 2 heterocycles. The molecule has 0 radical (unpaired) electrons. The molecular formula is C15H19N5O3S. The van der Waals surface area contributed by atoms with Gasteiger partial charge in [-0.1, -0.05) is 30.2 Å². The van der Waals surface area contributed by atoms with Crippen molar-refractivity contribution in [3.05, 3.63) is 24.4 Å². The first kappa shape index (κ1) is 18.0. The van der Waals surface area contributed by atoms with Crippen molar-refractivity contribution in [3.63, 3.8) is 0 Å². The summed E-state index contributed by atoms with van der Waals surface area (Å²) in [5.41, 5.74) is 2.32. The molecule has 9 heteroatoms. The van der Waals surface area contributed by atoms with Crippen LogP contribution in [-0.2, 0) is 9.59 Å². The molecule has 0 aliphatic heterocycles. The van der Waals surface area contributed by atoms with Crippen LogP contribution in [0.15, 0.2) is 24.4 Å². The molecule has 8 nitrogen and oxygen atoms in total. The molecule has 0 bridgehead atoms. The average Bonchev–Trinajstić information content (AvgIpc) is 3.07. The summed E-state index contributed by atoms with van der Waals surface area (Å²) in [5.74, 6) is -0.487. The van der Waals surface area contributed by atoms with Crippen LogP contribution in [0.1, 0.15) is 38.5 Å². The van der Waals surface area contributed by atoms with Crippen LogP contribution in [0, 0.1) is 0 Å². The van der Waals surface area contributed by atoms with Gasteiger partial charge in [0, 0.05) is 19.0 Å². The van der Waals surface area contributed by atoms with E-state index < -0.39 is 0 Å². The minimum atomic E-state index is -0.382. The summed E-state index contributed by atoms with van der Waals surface area (Å²) in [6.45, 7) is 0. The summed E-state index contributed by atoms with van der Waals surface area (Å²) in [4.78, 5) is 26.9. The number of pyridine rings is 1. The predicted octanol–water partition coefficient (Wildman–Crippen LogP) is 2.38. The van der Waals surface area contributed by atoms with Gasteiger partial charge in [-0.15, -0.1) is 10.2 Å². The first-order valence-electron chi connectivity index (χ1n) is 7.66. The van der Waals surface area contributed by atoms with E-state index in [1.54, 1.807) is 11.7 Å². The Hall–Kier alpha value is -2.39. The van der Waals surface area contributed by atoms with E-state index >= 15 is 0 Å². The topological polar surface area (TPSA) is 117 Å². The van der Waals surface area contributed by atoms with Gasteiger partial charge in [-0.3, -0.25) is 19.8 Å². The Balaban J connectivity index is 1.66. The Labute approximate surface area is 143 Å². The fourth-order valence-corrected chi connectivity index (χ4v) is 2.77. The van der Waals surface area contributed by atoms with E-state index in [4.69, 9.17) is 5.21 Å². The highest BCUT2D eigenvalue weighted by Crippen LogP contribution is 2.24. The van der Waals surface area contributed by atoms with Gasteiger partial charge in [-0.2, -0.15) is 0 Å². The number of carbonyl (C=O) groups is 2. The summed E-state index contributed by atoms with van der Waals surface area (Å²) in [6.07, 6.45) is 5.48. The zero-order chi connectivity index (χ0) is 17.2. The number of hydrogen-bond donors (Lipinski definition) is 3. The highest BCUT2D eigenvalue weighted by atomic mass is 32.1. The zero-order valence-corrected chi connectivity index (χ0v) is 13.9. The van der Waals surface area contributed by atoms with Crippen LogP contribution < -0.4 is 10.8 Å². The van der Waals surface area contributed by atoms with Crippen LogP contribution in [0.4, 0.5) is 5.13 Å². The predicted molar refractivity (Wildman–Crippen MR) is 89.4 cm³/mol. The largest absolute Gasteiger partial charge is 0.301 e. The maximum Gasteiger partial charge on any atom is 0.243 e. The smallest absolute Gasteiger partial charge is 0.243 e. The Bertz CT molecular complexity index is 662. The van der Waals surface area contributed by atoms with Crippen molar-refractivity contribution in [2.45, 2.75) is 38.5 Å². The first-order valence-corrected chi connectivity index (χ1v) is 8.48. The molecule has 0 aliphatic carbocycles. The summed E-state index contributed by atoms with van der Waals surface area (Å²) >= 11 is 1.28. The molecule has 2 rings (SSSR count). The number of rotatable bonds is 9. The second-order valence-corrected chi connectivity index (χ2v) is 6.10. The van der Waals surface area contributed by atoms with Crippen molar-refractivity contribution in [2.75, 3.05) is 5.32 Å². The van der Waals surface area contributed by atoms with E-state index in [-0.39, 0.29) is 11.8 Å². The van der Waals surface area contributed by atoms with Crippen LogP contribution in [-0.4, -0.2) is 32.2 Å². The lowest BCUT2D eigenvalue weighted by atomic mass is 10.1. The normalized spacial score (nSPS) is 10.4. The Kier molecular flexibility index (Phi) is 7.24. The Morgan fingerprint density at radius 3 is 2.46 bits per heavy atom. The van der Waals surface area contributed by atoms with Crippen LogP contribution in [0.25, 0.3) is 10.7 Å². The maximum atomic E-state index is 11.9. The van der Waals surface area contributed by atoms with E-state index in [2.05, 4.69) is 20.5 Å². The SMILES string of the molecule is O=C(CCCCCCC(=O)Nc1nnc(-c2ccccn2)s1)NO. The van der Waals surface area contributed by atoms with Gasteiger partial charge >= 0.3 is 0 Å². The average molecular weight is 349 g/mol. The van der Waals surface area contributed by atoms with Crippen molar-refractivity contribution in [2.24, 2.45) is 0 Å². The number of hydrogen-bond acceptors (Lipinski definition) is 7. The molecule has 3 N–H and O–H groups in total. The number of anilines is 1. The summed E-state index contributed by atoms with van der Waals surface area (Å²) in [7, 11) is 0. The Morgan fingerprint density at radius 2 is 1.79 bits per heavy atom. The Morgan fingerprint density at radius 1 is 1.04 bits per heavy atom. The van der Waals surface area contributed by atoms with Crippen LogP contribution in [0.3, 0.4) is 0 Å². The van der Waals surface area contributed by atoms with Crippen molar-refractivity contribution in [3.8, 4) is 10.7 Å². The quantitative estimate of drug-likeness (QED) is 0.363.